The van der Waals surface area contributed by atoms with Crippen molar-refractivity contribution >= 4 is 34.7 Å². The Bertz CT molecular complexity index is 1170. The Morgan fingerprint density at radius 3 is 2.68 bits per heavy atom. The van der Waals surface area contributed by atoms with Gasteiger partial charge in [-0.1, -0.05) is 29.8 Å². The minimum absolute atomic E-state index is 0.376. The summed E-state index contributed by atoms with van der Waals surface area (Å²) in [6.45, 7) is 1.96. The van der Waals surface area contributed by atoms with E-state index in [9.17, 15) is 4.79 Å². The van der Waals surface area contributed by atoms with Crippen LogP contribution in [0.1, 0.15) is 15.9 Å². The molecule has 0 saturated carbocycles. The van der Waals surface area contributed by atoms with Crippen LogP contribution in [0.25, 0.3) is 16.9 Å². The van der Waals surface area contributed by atoms with Crippen molar-refractivity contribution in [3.63, 3.8) is 0 Å². The van der Waals surface area contributed by atoms with Gasteiger partial charge in [-0.3, -0.25) is 9.38 Å². The van der Waals surface area contributed by atoms with Gasteiger partial charge in [-0.05, 0) is 36.8 Å². The first-order chi connectivity index (χ1) is 13.6. The lowest BCUT2D eigenvalue weighted by Crippen LogP contribution is -2.01. The molecular weight excluding hydrogens is 376 g/mol. The van der Waals surface area contributed by atoms with Crippen molar-refractivity contribution < 1.29 is 9.53 Å². The molecular formula is C21H17ClN4O2. The number of nitrogens with one attached hydrogen (secondary N) is 1. The van der Waals surface area contributed by atoms with E-state index >= 15 is 0 Å². The van der Waals surface area contributed by atoms with E-state index in [4.69, 9.17) is 21.3 Å². The maximum absolute atomic E-state index is 11.7. The van der Waals surface area contributed by atoms with E-state index < -0.39 is 0 Å². The molecule has 4 rings (SSSR count). The summed E-state index contributed by atoms with van der Waals surface area (Å²) in [5, 5.41) is 4.09. The Balaban J connectivity index is 1.81. The highest BCUT2D eigenvalue weighted by Gasteiger charge is 2.16. The van der Waals surface area contributed by atoms with Crippen molar-refractivity contribution in [1.82, 2.24) is 14.4 Å². The summed E-state index contributed by atoms with van der Waals surface area (Å²) in [5.74, 6) is 0.404. The number of nitrogens with zero attached hydrogens (tertiary/aromatic N) is 3. The quantitative estimate of drug-likeness (QED) is 0.501. The second-order valence-electron chi connectivity index (χ2n) is 6.27. The number of hydrogen-bond donors (Lipinski definition) is 1. The van der Waals surface area contributed by atoms with Gasteiger partial charge >= 0.3 is 5.97 Å². The molecule has 28 heavy (non-hydrogen) atoms. The van der Waals surface area contributed by atoms with Crippen molar-refractivity contribution in [2.24, 2.45) is 0 Å². The van der Waals surface area contributed by atoms with Gasteiger partial charge in [0.05, 0.1) is 18.9 Å². The molecule has 0 bridgehead atoms. The second kappa shape index (κ2) is 7.32. The smallest absolute Gasteiger partial charge is 0.337 e. The molecule has 0 saturated heterocycles. The number of carbonyl (C=O) groups is 1. The number of fused-ring (bicyclic) bond motifs is 1. The molecule has 0 amide bonds. The Kier molecular flexibility index (Phi) is 4.71. The van der Waals surface area contributed by atoms with Gasteiger partial charge in [-0.2, -0.15) is 0 Å². The summed E-state index contributed by atoms with van der Waals surface area (Å²) in [7, 11) is 1.36. The molecule has 0 aliphatic heterocycles. The highest BCUT2D eigenvalue weighted by atomic mass is 35.5. The summed E-state index contributed by atoms with van der Waals surface area (Å²) in [6, 6.07) is 12.9. The summed E-state index contributed by atoms with van der Waals surface area (Å²) < 4.78 is 6.68. The zero-order valence-electron chi connectivity index (χ0n) is 15.3. The third kappa shape index (κ3) is 3.30. The molecule has 6 nitrogen and oxygen atoms in total. The predicted octanol–water partition coefficient (Wildman–Crippen LogP) is 4.89. The SMILES string of the molecule is COC(=O)c1ccc(-c2nc3cnccn3c2Nc2ccc(C)c(Cl)c2)cc1. The van der Waals surface area contributed by atoms with Crippen LogP contribution in [0, 0.1) is 6.92 Å². The molecule has 0 radical (unpaired) electrons. The number of aromatic nitrogens is 3. The highest BCUT2D eigenvalue weighted by Crippen LogP contribution is 2.32. The average Bonchev–Trinajstić information content (AvgIpc) is 3.09. The molecule has 2 aromatic heterocycles. The molecule has 0 fully saturated rings. The third-order valence-corrected chi connectivity index (χ3v) is 4.85. The lowest BCUT2D eigenvalue weighted by atomic mass is 10.1. The molecule has 4 aromatic rings. The van der Waals surface area contributed by atoms with E-state index in [1.807, 2.05) is 47.9 Å². The first kappa shape index (κ1) is 18.0. The molecule has 140 valence electrons. The molecule has 0 spiro atoms. The Morgan fingerprint density at radius 1 is 1.18 bits per heavy atom. The topological polar surface area (TPSA) is 68.5 Å². The van der Waals surface area contributed by atoms with Crippen molar-refractivity contribution in [2.75, 3.05) is 12.4 Å². The summed E-state index contributed by atoms with van der Waals surface area (Å²) >= 11 is 6.27. The normalized spacial score (nSPS) is 10.8. The van der Waals surface area contributed by atoms with Crippen molar-refractivity contribution in [3.8, 4) is 11.3 Å². The zero-order chi connectivity index (χ0) is 19.7. The molecule has 0 aliphatic carbocycles. The van der Waals surface area contributed by atoms with Gasteiger partial charge in [0, 0.05) is 28.7 Å². The van der Waals surface area contributed by atoms with E-state index in [0.29, 0.717) is 16.2 Å². The zero-order valence-corrected chi connectivity index (χ0v) is 16.1. The lowest BCUT2D eigenvalue weighted by molar-refractivity contribution is 0.0601. The number of carbonyl (C=O) groups excluding carboxylic acids is 1. The second-order valence-corrected chi connectivity index (χ2v) is 6.68. The van der Waals surface area contributed by atoms with E-state index in [0.717, 1.165) is 28.3 Å². The average molecular weight is 393 g/mol. The minimum Gasteiger partial charge on any atom is -0.465 e. The first-order valence-corrected chi connectivity index (χ1v) is 8.98. The fraction of sp³-hybridized carbons (Fsp3) is 0.0952. The number of aryl methyl sites for hydroxylation is 1. The monoisotopic (exact) mass is 392 g/mol. The van der Waals surface area contributed by atoms with Crippen LogP contribution in [0.2, 0.25) is 5.02 Å². The molecule has 0 unspecified atom stereocenters. The minimum atomic E-state index is -0.376. The molecule has 2 heterocycles. The van der Waals surface area contributed by atoms with Crippen LogP contribution in [-0.4, -0.2) is 27.4 Å². The number of hydrogen-bond acceptors (Lipinski definition) is 5. The van der Waals surface area contributed by atoms with E-state index in [1.165, 1.54) is 7.11 Å². The molecule has 2 aromatic carbocycles. The van der Waals surface area contributed by atoms with Crippen molar-refractivity contribution in [3.05, 3.63) is 77.2 Å². The number of rotatable bonds is 4. The largest absolute Gasteiger partial charge is 0.465 e. The van der Waals surface area contributed by atoms with Gasteiger partial charge in [0.1, 0.15) is 11.5 Å². The Labute approximate surface area is 166 Å². The molecule has 7 heteroatoms. The fourth-order valence-electron chi connectivity index (χ4n) is 2.92. The third-order valence-electron chi connectivity index (χ3n) is 4.44. The number of imidazole rings is 1. The van der Waals surface area contributed by atoms with Crippen LogP contribution in [-0.2, 0) is 4.74 Å². The van der Waals surface area contributed by atoms with Crippen LogP contribution in [0.4, 0.5) is 11.5 Å². The summed E-state index contributed by atoms with van der Waals surface area (Å²) in [4.78, 5) is 20.5. The van der Waals surface area contributed by atoms with Gasteiger partial charge in [0.25, 0.3) is 0 Å². The van der Waals surface area contributed by atoms with Crippen LogP contribution < -0.4 is 5.32 Å². The number of benzene rings is 2. The van der Waals surface area contributed by atoms with Crippen LogP contribution in [0.15, 0.2) is 61.1 Å². The van der Waals surface area contributed by atoms with Crippen molar-refractivity contribution in [1.29, 1.82) is 0 Å². The number of anilines is 2. The predicted molar refractivity (Wildman–Crippen MR) is 109 cm³/mol. The maximum Gasteiger partial charge on any atom is 0.337 e. The molecule has 0 aliphatic rings. The maximum atomic E-state index is 11.7. The number of ether oxygens (including phenoxy) is 1. The molecule has 1 N–H and O–H groups in total. The number of methoxy groups -OCH3 is 1. The highest BCUT2D eigenvalue weighted by molar-refractivity contribution is 6.31. The van der Waals surface area contributed by atoms with Crippen LogP contribution >= 0.6 is 11.6 Å². The van der Waals surface area contributed by atoms with Crippen molar-refractivity contribution in [2.45, 2.75) is 6.92 Å². The first-order valence-electron chi connectivity index (χ1n) is 8.61. The van der Waals surface area contributed by atoms with E-state index in [1.54, 1.807) is 24.5 Å². The van der Waals surface area contributed by atoms with E-state index in [-0.39, 0.29) is 5.97 Å². The molecule has 0 atom stereocenters. The summed E-state index contributed by atoms with van der Waals surface area (Å²) in [6.07, 6.45) is 5.23. The summed E-state index contributed by atoms with van der Waals surface area (Å²) in [5.41, 5.74) is 4.64. The van der Waals surface area contributed by atoms with Gasteiger partial charge in [-0.25, -0.2) is 9.78 Å². The number of esters is 1. The standard InChI is InChI=1S/C21H17ClN4O2/c1-13-3-8-16(11-17(13)22)24-20-19(25-18-12-23-9-10-26(18)20)14-4-6-15(7-5-14)21(27)28-2/h3-12,24H,1-2H3. The van der Waals surface area contributed by atoms with Gasteiger partial charge in [0.2, 0.25) is 0 Å². The Morgan fingerprint density at radius 2 is 1.96 bits per heavy atom. The van der Waals surface area contributed by atoms with Crippen LogP contribution in [0.5, 0.6) is 0 Å². The van der Waals surface area contributed by atoms with Gasteiger partial charge < -0.3 is 10.1 Å². The van der Waals surface area contributed by atoms with E-state index in [2.05, 4.69) is 10.3 Å². The van der Waals surface area contributed by atoms with Crippen LogP contribution in [0.3, 0.4) is 0 Å². The Hall–Kier alpha value is -3.38. The fourth-order valence-corrected chi connectivity index (χ4v) is 3.10. The lowest BCUT2D eigenvalue weighted by Gasteiger charge is -2.10. The number of halogens is 1. The van der Waals surface area contributed by atoms with Gasteiger partial charge in [0.15, 0.2) is 5.65 Å². The van der Waals surface area contributed by atoms with Gasteiger partial charge in [-0.15, -0.1) is 0 Å².